The topological polar surface area (TPSA) is 46.2 Å². The van der Waals surface area contributed by atoms with Gasteiger partial charge in [0, 0.05) is 16.1 Å². The quantitative estimate of drug-likeness (QED) is 0.795. The second kappa shape index (κ2) is 4.06. The molecule has 1 aliphatic heterocycles. The molecule has 0 saturated heterocycles. The van der Waals surface area contributed by atoms with Crippen molar-refractivity contribution in [1.82, 2.24) is 0 Å². The van der Waals surface area contributed by atoms with Crippen LogP contribution >= 0.6 is 15.9 Å². The lowest BCUT2D eigenvalue weighted by Crippen LogP contribution is -2.21. The summed E-state index contributed by atoms with van der Waals surface area (Å²) < 4.78 is 12.7. The van der Waals surface area contributed by atoms with Crippen molar-refractivity contribution >= 4 is 38.3 Å². The van der Waals surface area contributed by atoms with Crippen molar-refractivity contribution in [3.63, 3.8) is 0 Å². The molecule has 80 valence electrons. The number of hydrogen-bond donors (Lipinski definition) is 1. The molecule has 1 amide bonds. The SMILES string of the molecule is CC1CS(=O)c2ccc(Br)cc2NC1=O. The highest BCUT2D eigenvalue weighted by molar-refractivity contribution is 9.10. The largest absolute Gasteiger partial charge is 0.325 e. The molecule has 5 heteroatoms. The van der Waals surface area contributed by atoms with Crippen LogP contribution in [0.25, 0.3) is 0 Å². The third kappa shape index (κ3) is 2.13. The summed E-state index contributed by atoms with van der Waals surface area (Å²) in [4.78, 5) is 12.3. The van der Waals surface area contributed by atoms with Gasteiger partial charge in [-0.25, -0.2) is 0 Å². The minimum absolute atomic E-state index is 0.0693. The molecule has 1 aromatic rings. The Morgan fingerprint density at radius 1 is 1.53 bits per heavy atom. The zero-order valence-corrected chi connectivity index (χ0v) is 10.5. The van der Waals surface area contributed by atoms with Gasteiger partial charge in [0.25, 0.3) is 0 Å². The number of hydrogen-bond acceptors (Lipinski definition) is 2. The Hall–Kier alpha value is -0.680. The summed E-state index contributed by atoms with van der Waals surface area (Å²) in [5.41, 5.74) is 0.650. The van der Waals surface area contributed by atoms with Crippen LogP contribution in [-0.2, 0) is 15.6 Å². The van der Waals surface area contributed by atoms with Crippen molar-refractivity contribution in [2.45, 2.75) is 11.8 Å². The second-order valence-corrected chi connectivity index (χ2v) is 5.92. The van der Waals surface area contributed by atoms with E-state index in [4.69, 9.17) is 0 Å². The molecular formula is C10H10BrNO2S. The van der Waals surface area contributed by atoms with E-state index in [0.717, 1.165) is 4.47 Å². The molecule has 2 atom stereocenters. The Kier molecular flexibility index (Phi) is 2.93. The van der Waals surface area contributed by atoms with E-state index in [1.807, 2.05) is 6.07 Å². The number of nitrogens with one attached hydrogen (secondary N) is 1. The molecule has 0 saturated carbocycles. The fraction of sp³-hybridized carbons (Fsp3) is 0.300. The summed E-state index contributed by atoms with van der Waals surface area (Å²) in [6, 6.07) is 5.40. The maximum atomic E-state index is 11.9. The minimum Gasteiger partial charge on any atom is -0.325 e. The first-order valence-electron chi connectivity index (χ1n) is 4.56. The van der Waals surface area contributed by atoms with Gasteiger partial charge in [-0.15, -0.1) is 0 Å². The summed E-state index contributed by atoms with van der Waals surface area (Å²) in [6.45, 7) is 1.79. The number of amides is 1. The van der Waals surface area contributed by atoms with E-state index in [1.54, 1.807) is 19.1 Å². The van der Waals surface area contributed by atoms with Gasteiger partial charge in [-0.2, -0.15) is 0 Å². The lowest BCUT2D eigenvalue weighted by Gasteiger charge is -2.06. The lowest BCUT2D eigenvalue weighted by atomic mass is 10.2. The summed E-state index contributed by atoms with van der Waals surface area (Å²) >= 11 is 3.32. The van der Waals surface area contributed by atoms with Crippen LogP contribution in [0, 0.1) is 5.92 Å². The molecule has 0 aliphatic carbocycles. The van der Waals surface area contributed by atoms with Crippen LogP contribution < -0.4 is 5.32 Å². The fourth-order valence-electron chi connectivity index (χ4n) is 1.45. The summed E-state index contributed by atoms with van der Waals surface area (Å²) in [5, 5.41) is 2.78. The van der Waals surface area contributed by atoms with Crippen LogP contribution in [-0.4, -0.2) is 15.9 Å². The van der Waals surface area contributed by atoms with Gasteiger partial charge in [0.2, 0.25) is 5.91 Å². The van der Waals surface area contributed by atoms with E-state index in [1.165, 1.54) is 0 Å². The molecule has 0 bridgehead atoms. The van der Waals surface area contributed by atoms with Crippen molar-refractivity contribution < 1.29 is 9.00 Å². The van der Waals surface area contributed by atoms with Crippen molar-refractivity contribution in [3.8, 4) is 0 Å². The highest BCUT2D eigenvalue weighted by Gasteiger charge is 2.24. The number of rotatable bonds is 0. The Bertz CT molecular complexity index is 447. The first-order chi connectivity index (χ1) is 7.08. The van der Waals surface area contributed by atoms with Crippen LogP contribution in [0.1, 0.15) is 6.92 Å². The second-order valence-electron chi connectivity index (χ2n) is 3.54. The monoisotopic (exact) mass is 287 g/mol. The lowest BCUT2D eigenvalue weighted by molar-refractivity contribution is -0.118. The maximum absolute atomic E-state index is 11.9. The molecule has 0 fully saturated rings. The van der Waals surface area contributed by atoms with E-state index in [-0.39, 0.29) is 11.8 Å². The van der Waals surface area contributed by atoms with Crippen molar-refractivity contribution in [2.75, 3.05) is 11.1 Å². The molecule has 3 nitrogen and oxygen atoms in total. The van der Waals surface area contributed by atoms with Gasteiger partial charge < -0.3 is 5.32 Å². The van der Waals surface area contributed by atoms with Gasteiger partial charge in [0.15, 0.2) is 0 Å². The standard InChI is InChI=1S/C10H10BrNO2S/c1-6-5-15(14)9-3-2-7(11)4-8(9)12-10(6)13/h2-4,6H,5H2,1H3,(H,12,13). The number of fused-ring (bicyclic) bond motifs is 1. The van der Waals surface area contributed by atoms with Gasteiger partial charge in [-0.3, -0.25) is 9.00 Å². The third-order valence-corrected chi connectivity index (χ3v) is 4.44. The highest BCUT2D eigenvalue weighted by Crippen LogP contribution is 2.28. The van der Waals surface area contributed by atoms with Crippen LogP contribution in [0.5, 0.6) is 0 Å². The Labute approximate surface area is 98.8 Å². The smallest absolute Gasteiger partial charge is 0.228 e. The molecule has 2 unspecified atom stereocenters. The average molecular weight is 288 g/mol. The molecule has 0 aromatic heterocycles. The number of carbonyl (C=O) groups excluding carboxylic acids is 1. The molecule has 1 heterocycles. The zero-order chi connectivity index (χ0) is 11.0. The van der Waals surface area contributed by atoms with Gasteiger partial charge in [0.1, 0.15) is 0 Å². The average Bonchev–Trinajstić information content (AvgIpc) is 2.25. The van der Waals surface area contributed by atoms with E-state index in [0.29, 0.717) is 16.3 Å². The maximum Gasteiger partial charge on any atom is 0.228 e. The van der Waals surface area contributed by atoms with E-state index in [2.05, 4.69) is 21.2 Å². The van der Waals surface area contributed by atoms with Crippen molar-refractivity contribution in [2.24, 2.45) is 5.92 Å². The summed E-state index contributed by atoms with van der Waals surface area (Å²) in [7, 11) is -1.10. The predicted octanol–water partition coefficient (Wildman–Crippen LogP) is 2.14. The van der Waals surface area contributed by atoms with Crippen LogP contribution in [0.2, 0.25) is 0 Å². The number of benzene rings is 1. The van der Waals surface area contributed by atoms with Gasteiger partial charge in [0.05, 0.1) is 21.4 Å². The molecular weight excluding hydrogens is 278 g/mol. The van der Waals surface area contributed by atoms with Crippen LogP contribution in [0.15, 0.2) is 27.6 Å². The molecule has 0 radical (unpaired) electrons. The van der Waals surface area contributed by atoms with Crippen molar-refractivity contribution in [3.05, 3.63) is 22.7 Å². The van der Waals surface area contributed by atoms with Gasteiger partial charge in [-0.1, -0.05) is 22.9 Å². The number of anilines is 1. The van der Waals surface area contributed by atoms with Gasteiger partial charge >= 0.3 is 0 Å². The van der Waals surface area contributed by atoms with E-state index in [9.17, 15) is 9.00 Å². The molecule has 1 N–H and O–H groups in total. The van der Waals surface area contributed by atoms with E-state index < -0.39 is 10.8 Å². The number of halogens is 1. The molecule has 1 aliphatic rings. The first-order valence-corrected chi connectivity index (χ1v) is 6.68. The Balaban J connectivity index is 2.51. The number of carbonyl (C=O) groups is 1. The molecule has 2 rings (SSSR count). The predicted molar refractivity (Wildman–Crippen MR) is 63.2 cm³/mol. The third-order valence-electron chi connectivity index (χ3n) is 2.29. The van der Waals surface area contributed by atoms with Crippen molar-refractivity contribution in [1.29, 1.82) is 0 Å². The summed E-state index contributed by atoms with van der Waals surface area (Å²) in [6.07, 6.45) is 0. The van der Waals surface area contributed by atoms with Crippen LogP contribution in [0.4, 0.5) is 5.69 Å². The molecule has 15 heavy (non-hydrogen) atoms. The normalized spacial score (nSPS) is 25.3. The minimum atomic E-state index is -1.10. The Morgan fingerprint density at radius 3 is 3.00 bits per heavy atom. The highest BCUT2D eigenvalue weighted by atomic mass is 79.9. The molecule has 1 aromatic carbocycles. The van der Waals surface area contributed by atoms with E-state index >= 15 is 0 Å². The summed E-state index contributed by atoms with van der Waals surface area (Å²) in [5.74, 6) is 0.109. The van der Waals surface area contributed by atoms with Crippen LogP contribution in [0.3, 0.4) is 0 Å². The zero-order valence-electron chi connectivity index (χ0n) is 8.12. The Morgan fingerprint density at radius 2 is 2.27 bits per heavy atom. The fourth-order valence-corrected chi connectivity index (χ4v) is 3.17. The van der Waals surface area contributed by atoms with Gasteiger partial charge in [-0.05, 0) is 18.2 Å². The molecule has 0 spiro atoms. The first kappa shape index (κ1) is 10.8.